The monoisotopic (exact) mass is 454 g/mol. The maximum atomic E-state index is 13.5. The van der Waals surface area contributed by atoms with Crippen LogP contribution in [0.2, 0.25) is 0 Å². The first kappa shape index (κ1) is 21.0. The van der Waals surface area contributed by atoms with Gasteiger partial charge in [-0.05, 0) is 54.6 Å². The number of rotatable bonds is 3. The normalized spacial score (nSPS) is 20.5. The van der Waals surface area contributed by atoms with Crippen molar-refractivity contribution in [1.29, 1.82) is 0 Å². The predicted molar refractivity (Wildman–Crippen MR) is 131 cm³/mol. The molecule has 0 spiro atoms. The van der Waals surface area contributed by atoms with Crippen molar-refractivity contribution in [2.45, 2.75) is 25.3 Å². The number of carbonyl (C=O) groups is 1. The van der Waals surface area contributed by atoms with Gasteiger partial charge in [0.15, 0.2) is 5.96 Å². The fourth-order valence-corrected chi connectivity index (χ4v) is 5.36. The first-order valence-electron chi connectivity index (χ1n) is 10.5. The molecular weight excluding hydrogens is 432 g/mol. The van der Waals surface area contributed by atoms with E-state index in [1.165, 1.54) is 4.90 Å². The number of thiophene rings is 1. The lowest BCUT2D eigenvalue weighted by atomic mass is 9.77. The number of pyridine rings is 1. The van der Waals surface area contributed by atoms with Gasteiger partial charge in [-0.2, -0.15) is 0 Å². The number of hydrogen-bond donors (Lipinski definition) is 1. The van der Waals surface area contributed by atoms with Crippen LogP contribution in [0, 0.1) is 11.8 Å². The van der Waals surface area contributed by atoms with Gasteiger partial charge in [-0.15, -0.1) is 17.3 Å². The van der Waals surface area contributed by atoms with E-state index in [9.17, 15) is 4.79 Å². The molecule has 7 heteroatoms. The number of nitrogens with zero attached hydrogens (tertiary/aromatic N) is 3. The summed E-state index contributed by atoms with van der Waals surface area (Å²) in [5.74, 6) is 5.50. The minimum Gasteiger partial charge on any atom is -0.464 e. The largest absolute Gasteiger partial charge is 0.464 e. The van der Waals surface area contributed by atoms with Crippen molar-refractivity contribution in [3.05, 3.63) is 76.4 Å². The highest BCUT2D eigenvalue weighted by Crippen LogP contribution is 2.47. The van der Waals surface area contributed by atoms with Crippen molar-refractivity contribution >= 4 is 34.2 Å². The minimum atomic E-state index is -0.870. The number of aliphatic imine (C=N–C) groups is 1. The van der Waals surface area contributed by atoms with Crippen molar-refractivity contribution in [2.75, 3.05) is 7.05 Å². The van der Waals surface area contributed by atoms with Gasteiger partial charge in [0.05, 0.1) is 12.2 Å². The van der Waals surface area contributed by atoms with Gasteiger partial charge in [0.25, 0.3) is 0 Å². The molecule has 0 aliphatic carbocycles. The Morgan fingerprint density at radius 1 is 1.18 bits per heavy atom. The summed E-state index contributed by atoms with van der Waals surface area (Å²) in [7, 11) is 1.66. The Hall–Kier alpha value is -3.89. The molecule has 4 aromatic rings. The van der Waals surface area contributed by atoms with E-state index >= 15 is 0 Å². The van der Waals surface area contributed by atoms with Crippen LogP contribution >= 0.6 is 11.3 Å². The molecule has 3 aromatic heterocycles. The van der Waals surface area contributed by atoms with Crippen LogP contribution < -0.4 is 5.73 Å². The molecular formula is C26H22N4O2S. The smallest absolute Gasteiger partial charge is 0.239 e. The number of fused-ring (bicyclic) bond motifs is 1. The summed E-state index contributed by atoms with van der Waals surface area (Å²) in [6.45, 7) is 3.77. The summed E-state index contributed by atoms with van der Waals surface area (Å²) in [5.41, 5.74) is 9.71. The zero-order valence-corrected chi connectivity index (χ0v) is 19.3. The first-order valence-corrected chi connectivity index (χ1v) is 11.4. The van der Waals surface area contributed by atoms with Crippen LogP contribution in [0.25, 0.3) is 22.1 Å². The molecule has 2 N–H and O–H groups in total. The molecule has 0 bridgehead atoms. The van der Waals surface area contributed by atoms with E-state index in [1.807, 2.05) is 43.5 Å². The van der Waals surface area contributed by atoms with Crippen LogP contribution in [0.15, 0.2) is 69.8 Å². The summed E-state index contributed by atoms with van der Waals surface area (Å²) < 4.78 is 5.60. The van der Waals surface area contributed by atoms with Gasteiger partial charge in [0.2, 0.25) is 5.91 Å². The van der Waals surface area contributed by atoms with E-state index in [-0.39, 0.29) is 11.9 Å². The molecule has 0 saturated carbocycles. The van der Waals surface area contributed by atoms with Crippen molar-refractivity contribution in [3.8, 4) is 23.0 Å². The Balaban J connectivity index is 1.63. The van der Waals surface area contributed by atoms with Crippen molar-refractivity contribution < 1.29 is 9.21 Å². The molecule has 2 atom stereocenters. The van der Waals surface area contributed by atoms with Gasteiger partial charge < -0.3 is 10.2 Å². The summed E-state index contributed by atoms with van der Waals surface area (Å²) in [5, 5.41) is 3.04. The predicted octanol–water partition coefficient (Wildman–Crippen LogP) is 4.71. The zero-order valence-electron chi connectivity index (χ0n) is 18.5. The lowest BCUT2D eigenvalue weighted by molar-refractivity contribution is -0.130. The zero-order chi connectivity index (χ0) is 23.2. The number of furan rings is 1. The molecule has 5 rings (SSSR count). The van der Waals surface area contributed by atoms with E-state index in [4.69, 9.17) is 15.1 Å². The highest BCUT2D eigenvalue weighted by Gasteiger charge is 2.48. The Labute approximate surface area is 195 Å². The van der Waals surface area contributed by atoms with Crippen molar-refractivity contribution in [3.63, 3.8) is 0 Å². The lowest BCUT2D eigenvalue weighted by Crippen LogP contribution is -2.52. The van der Waals surface area contributed by atoms with Crippen LogP contribution in [0.3, 0.4) is 0 Å². The molecule has 1 amide bonds. The van der Waals surface area contributed by atoms with Gasteiger partial charge in [-0.25, -0.2) is 4.99 Å². The Morgan fingerprint density at radius 2 is 2.03 bits per heavy atom. The number of aromatic nitrogens is 1. The number of benzene rings is 1. The molecule has 164 valence electrons. The number of hydrogen-bond acceptors (Lipinski definition) is 6. The Morgan fingerprint density at radius 3 is 2.85 bits per heavy atom. The van der Waals surface area contributed by atoms with Crippen LogP contribution in [0.4, 0.5) is 0 Å². The average Bonchev–Trinajstić information content (AvgIpc) is 3.48. The van der Waals surface area contributed by atoms with Crippen LogP contribution in [0.1, 0.15) is 35.8 Å². The molecule has 1 aliphatic heterocycles. The topological polar surface area (TPSA) is 84.7 Å². The van der Waals surface area contributed by atoms with Crippen molar-refractivity contribution in [2.24, 2.45) is 10.7 Å². The highest BCUT2D eigenvalue weighted by molar-refractivity contribution is 7.10. The van der Waals surface area contributed by atoms with E-state index in [1.54, 1.807) is 37.8 Å². The first-order chi connectivity index (χ1) is 15.9. The minimum absolute atomic E-state index is 0.104. The fraction of sp³-hybridized carbons (Fsp3) is 0.192. The molecule has 0 saturated heterocycles. The summed E-state index contributed by atoms with van der Waals surface area (Å²) >= 11 is 1.56. The molecule has 1 unspecified atom stereocenters. The van der Waals surface area contributed by atoms with E-state index in [0.29, 0.717) is 0 Å². The number of nitrogens with two attached hydrogens (primary N) is 1. The summed E-state index contributed by atoms with van der Waals surface area (Å²) in [4.78, 5) is 25.0. The third kappa shape index (κ3) is 3.49. The second kappa shape index (κ2) is 7.91. The summed E-state index contributed by atoms with van der Waals surface area (Å²) in [6, 6.07) is 11.8. The fourth-order valence-electron chi connectivity index (χ4n) is 4.30. The number of amides is 1. The molecule has 1 aromatic carbocycles. The molecule has 1 aliphatic rings. The molecule has 0 radical (unpaired) electrons. The Kier molecular flexibility index (Phi) is 5.03. The lowest BCUT2D eigenvalue weighted by Gasteiger charge is -2.40. The number of likely N-dealkylation sites (N-methyl/N-ethyl adjacent to an activating group) is 1. The second-order valence-corrected chi connectivity index (χ2v) is 9.11. The van der Waals surface area contributed by atoms with Gasteiger partial charge >= 0.3 is 0 Å². The van der Waals surface area contributed by atoms with Gasteiger partial charge in [0, 0.05) is 40.8 Å². The van der Waals surface area contributed by atoms with E-state index < -0.39 is 11.5 Å². The van der Waals surface area contributed by atoms with E-state index in [0.717, 1.165) is 38.1 Å². The number of carbonyl (C=O) groups excluding carboxylic acids is 1. The van der Waals surface area contributed by atoms with Gasteiger partial charge in [-0.1, -0.05) is 18.1 Å². The average molecular weight is 455 g/mol. The maximum Gasteiger partial charge on any atom is 0.239 e. The second-order valence-electron chi connectivity index (χ2n) is 8.20. The molecule has 33 heavy (non-hydrogen) atoms. The van der Waals surface area contributed by atoms with Crippen LogP contribution in [-0.4, -0.2) is 28.8 Å². The summed E-state index contributed by atoms with van der Waals surface area (Å²) in [6.07, 6.45) is 5.21. The van der Waals surface area contributed by atoms with Gasteiger partial charge in [0.1, 0.15) is 11.1 Å². The van der Waals surface area contributed by atoms with Crippen molar-refractivity contribution in [1.82, 2.24) is 9.88 Å². The molecule has 4 heterocycles. The SMILES string of the molecule is CC#Cc1cncc(-c2csc([C@@]3(C)N=C(N)N(C)C(=O)C3c3ccc4ccoc4c3)c2)c1. The van der Waals surface area contributed by atoms with Crippen LogP contribution in [-0.2, 0) is 10.3 Å². The maximum absolute atomic E-state index is 13.5. The number of guanidine groups is 1. The van der Waals surface area contributed by atoms with Crippen LogP contribution in [0.5, 0.6) is 0 Å². The van der Waals surface area contributed by atoms with E-state index in [2.05, 4.69) is 28.3 Å². The third-order valence-corrected chi connectivity index (χ3v) is 7.24. The van der Waals surface area contributed by atoms with Gasteiger partial charge in [-0.3, -0.25) is 14.7 Å². The molecule has 6 nitrogen and oxygen atoms in total. The highest BCUT2D eigenvalue weighted by atomic mass is 32.1. The third-order valence-electron chi connectivity index (χ3n) is 6.08. The Bertz CT molecular complexity index is 1470. The molecule has 0 fully saturated rings. The standard InChI is InChI=1S/C26H22N4O2S/c1-4-5-16-10-19(14-28-13-16)20-12-22(33-15-20)26(2)23(24(31)30(3)25(27)29-26)18-7-6-17-8-9-32-21(17)11-18/h6-15,23H,1-3H3,(H2,27,29)/t23?,26-/m1/s1. The quantitative estimate of drug-likeness (QED) is 0.454.